The van der Waals surface area contributed by atoms with Gasteiger partial charge < -0.3 is 24.2 Å². The van der Waals surface area contributed by atoms with E-state index in [1.807, 2.05) is 4.90 Å². The summed E-state index contributed by atoms with van der Waals surface area (Å²) in [7, 11) is 2.08. The third-order valence-electron chi connectivity index (χ3n) is 6.43. The van der Waals surface area contributed by atoms with Crippen molar-refractivity contribution in [2.45, 2.75) is 31.3 Å². The Bertz CT molecular complexity index is 1090. The fourth-order valence-corrected chi connectivity index (χ4v) is 5.27. The maximum atomic E-state index is 15.2. The lowest BCUT2D eigenvalue weighted by Crippen LogP contribution is -2.32. The van der Waals surface area contributed by atoms with E-state index in [1.54, 1.807) is 4.57 Å². The Morgan fingerprint density at radius 3 is 2.67 bits per heavy atom. The van der Waals surface area contributed by atoms with Gasteiger partial charge in [-0.1, -0.05) is 11.6 Å². The summed E-state index contributed by atoms with van der Waals surface area (Å²) in [6.07, 6.45) is 2.64. The van der Waals surface area contributed by atoms with Crippen LogP contribution < -0.4 is 15.1 Å². The van der Waals surface area contributed by atoms with E-state index in [0.29, 0.717) is 29.7 Å². The maximum Gasteiger partial charge on any atom is 0.511 e. The van der Waals surface area contributed by atoms with Crippen LogP contribution in [0.2, 0.25) is 5.02 Å². The first-order chi connectivity index (χ1) is 13.8. The van der Waals surface area contributed by atoms with Gasteiger partial charge in [0, 0.05) is 25.2 Å². The lowest BCUT2D eigenvalue weighted by molar-refractivity contribution is 0.143. The number of anilines is 1. The van der Waals surface area contributed by atoms with Crippen molar-refractivity contribution in [2.75, 3.05) is 31.6 Å². The SMILES string of the molecule is CN1CCC2CN(c3c(F)cc4c(=O)c(OC(=O)O)cn(C5CC5)c4c3Cl)CC21.Cl. The van der Waals surface area contributed by atoms with Crippen LogP contribution in [0.3, 0.4) is 0 Å². The number of fused-ring (bicyclic) bond motifs is 2. The second-order valence-electron chi connectivity index (χ2n) is 8.25. The first-order valence-corrected chi connectivity index (χ1v) is 10.2. The van der Waals surface area contributed by atoms with Gasteiger partial charge in [0.25, 0.3) is 0 Å². The molecule has 3 aliphatic rings. The van der Waals surface area contributed by atoms with Gasteiger partial charge in [0.1, 0.15) is 5.82 Å². The summed E-state index contributed by atoms with van der Waals surface area (Å²) in [6.45, 7) is 2.47. The topological polar surface area (TPSA) is 75.0 Å². The van der Waals surface area contributed by atoms with Crippen molar-refractivity contribution in [1.82, 2.24) is 9.47 Å². The number of nitrogens with zero attached hydrogens (tertiary/aromatic N) is 3. The van der Waals surface area contributed by atoms with E-state index in [-0.39, 0.29) is 34.6 Å². The number of hydrogen-bond acceptors (Lipinski definition) is 5. The molecule has 3 fully saturated rings. The first kappa shape index (κ1) is 21.2. The molecule has 1 N–H and O–H groups in total. The Morgan fingerprint density at radius 2 is 2.03 bits per heavy atom. The Kier molecular flexibility index (Phi) is 5.36. The smallest absolute Gasteiger partial charge is 0.449 e. The number of hydrogen-bond donors (Lipinski definition) is 1. The van der Waals surface area contributed by atoms with Crippen LogP contribution in [0.15, 0.2) is 17.1 Å². The summed E-state index contributed by atoms with van der Waals surface area (Å²) in [5.41, 5.74) is 0.0889. The number of rotatable bonds is 3. The molecule has 2 saturated heterocycles. The largest absolute Gasteiger partial charge is 0.511 e. The van der Waals surface area contributed by atoms with Gasteiger partial charge in [0.05, 0.1) is 27.8 Å². The van der Waals surface area contributed by atoms with Crippen LogP contribution >= 0.6 is 24.0 Å². The molecule has 0 radical (unpaired) electrons. The number of halogens is 3. The highest BCUT2D eigenvalue weighted by molar-refractivity contribution is 6.38. The molecule has 1 saturated carbocycles. The van der Waals surface area contributed by atoms with Crippen LogP contribution in [0.4, 0.5) is 14.9 Å². The summed E-state index contributed by atoms with van der Waals surface area (Å²) < 4.78 is 21.6. The van der Waals surface area contributed by atoms with Crippen LogP contribution in [0.1, 0.15) is 25.3 Å². The molecule has 0 bridgehead atoms. The maximum absolute atomic E-state index is 15.2. The van der Waals surface area contributed by atoms with Crippen molar-refractivity contribution in [3.05, 3.63) is 33.3 Å². The third kappa shape index (κ3) is 3.31. The molecular weight excluding hydrogens is 436 g/mol. The van der Waals surface area contributed by atoms with Crippen LogP contribution in [0.5, 0.6) is 5.75 Å². The number of likely N-dealkylation sites (tertiary alicyclic amines) is 1. The minimum atomic E-state index is -1.58. The van der Waals surface area contributed by atoms with Gasteiger partial charge in [-0.25, -0.2) is 9.18 Å². The van der Waals surface area contributed by atoms with Crippen molar-refractivity contribution in [2.24, 2.45) is 5.92 Å². The molecule has 2 aliphatic heterocycles. The zero-order valence-corrected chi connectivity index (χ0v) is 17.9. The van der Waals surface area contributed by atoms with E-state index in [0.717, 1.165) is 32.4 Å². The van der Waals surface area contributed by atoms with Crippen LogP contribution in [0.25, 0.3) is 10.9 Å². The van der Waals surface area contributed by atoms with E-state index in [2.05, 4.69) is 16.7 Å². The number of likely N-dealkylation sites (N-methyl/N-ethyl adjacent to an activating group) is 1. The molecule has 162 valence electrons. The van der Waals surface area contributed by atoms with Crippen molar-refractivity contribution in [1.29, 1.82) is 0 Å². The van der Waals surface area contributed by atoms with E-state index < -0.39 is 17.4 Å². The van der Waals surface area contributed by atoms with Crippen molar-refractivity contribution >= 4 is 46.8 Å². The number of benzene rings is 1. The molecule has 2 atom stereocenters. The van der Waals surface area contributed by atoms with E-state index in [4.69, 9.17) is 16.7 Å². The highest BCUT2D eigenvalue weighted by atomic mass is 35.5. The van der Waals surface area contributed by atoms with Crippen LogP contribution in [-0.4, -0.2) is 53.5 Å². The van der Waals surface area contributed by atoms with Gasteiger partial charge in [0.15, 0.2) is 5.75 Å². The summed E-state index contributed by atoms with van der Waals surface area (Å²) in [5, 5.41) is 9.17. The summed E-state index contributed by atoms with van der Waals surface area (Å²) in [6, 6.07) is 1.64. The molecule has 30 heavy (non-hydrogen) atoms. The van der Waals surface area contributed by atoms with Crippen LogP contribution in [-0.2, 0) is 0 Å². The lowest BCUT2D eigenvalue weighted by atomic mass is 10.1. The van der Waals surface area contributed by atoms with Gasteiger partial charge in [-0.05, 0) is 44.8 Å². The highest BCUT2D eigenvalue weighted by Crippen LogP contribution is 2.44. The number of pyridine rings is 1. The Morgan fingerprint density at radius 1 is 1.30 bits per heavy atom. The number of carbonyl (C=O) groups is 1. The Balaban J connectivity index is 0.00000218. The summed E-state index contributed by atoms with van der Waals surface area (Å²) >= 11 is 6.71. The average Bonchev–Trinajstić information content (AvgIpc) is 3.33. The summed E-state index contributed by atoms with van der Waals surface area (Å²) in [4.78, 5) is 28.0. The first-order valence-electron chi connectivity index (χ1n) is 9.78. The average molecular weight is 458 g/mol. The quantitative estimate of drug-likeness (QED) is 0.707. The highest BCUT2D eigenvalue weighted by Gasteiger charge is 2.41. The third-order valence-corrected chi connectivity index (χ3v) is 6.79. The van der Waals surface area contributed by atoms with Crippen molar-refractivity contribution in [3.8, 4) is 5.75 Å². The second kappa shape index (κ2) is 7.59. The molecule has 3 heterocycles. The fraction of sp³-hybridized carbons (Fsp3) is 0.500. The normalized spacial score (nSPS) is 23.5. The van der Waals surface area contributed by atoms with Gasteiger partial charge in [0.2, 0.25) is 5.43 Å². The Labute approximate surface area is 183 Å². The summed E-state index contributed by atoms with van der Waals surface area (Å²) in [5.74, 6) is -0.433. The number of carboxylic acid groups (broad SMARTS) is 1. The molecule has 5 rings (SSSR count). The van der Waals surface area contributed by atoms with Crippen LogP contribution in [0, 0.1) is 11.7 Å². The molecule has 2 unspecified atom stereocenters. The number of aromatic nitrogens is 1. The zero-order valence-electron chi connectivity index (χ0n) is 16.3. The molecular formula is C20H22Cl2FN3O4. The minimum absolute atomic E-state index is 0. The predicted octanol–water partition coefficient (Wildman–Crippen LogP) is 3.75. The van der Waals surface area contributed by atoms with Gasteiger partial charge in [-0.2, -0.15) is 0 Å². The van der Waals surface area contributed by atoms with Gasteiger partial charge in [-0.3, -0.25) is 4.79 Å². The molecule has 0 spiro atoms. The molecule has 0 amide bonds. The van der Waals surface area contributed by atoms with Gasteiger partial charge in [-0.15, -0.1) is 12.4 Å². The molecule has 10 heteroatoms. The van der Waals surface area contributed by atoms with Crippen molar-refractivity contribution in [3.63, 3.8) is 0 Å². The molecule has 1 aliphatic carbocycles. The van der Waals surface area contributed by atoms with Crippen molar-refractivity contribution < 1.29 is 19.0 Å². The van der Waals surface area contributed by atoms with E-state index in [9.17, 15) is 9.59 Å². The Hall–Kier alpha value is -2.03. The van der Waals surface area contributed by atoms with E-state index >= 15 is 4.39 Å². The van der Waals surface area contributed by atoms with Gasteiger partial charge >= 0.3 is 6.16 Å². The predicted molar refractivity (Wildman–Crippen MR) is 114 cm³/mol. The standard InChI is InChI=1S/C20H21ClFN3O4.ClH/c1-23-5-4-10-7-24(8-14(10)23)18-13(22)6-12-17(16(18)21)25(11-2-3-11)9-15(19(12)26)29-20(27)28;/h6,9-11,14H,2-5,7-8H2,1H3,(H,27,28);1H. The number of ether oxygens (including phenoxy) is 1. The molecule has 7 nitrogen and oxygen atoms in total. The molecule has 1 aromatic heterocycles. The molecule has 2 aromatic rings. The molecule has 1 aromatic carbocycles. The van der Waals surface area contributed by atoms with E-state index in [1.165, 1.54) is 12.3 Å². The minimum Gasteiger partial charge on any atom is -0.449 e. The second-order valence-corrected chi connectivity index (χ2v) is 8.63. The monoisotopic (exact) mass is 457 g/mol. The fourth-order valence-electron chi connectivity index (χ4n) is 4.86. The lowest BCUT2D eigenvalue weighted by Gasteiger charge is -2.25. The zero-order chi connectivity index (χ0) is 20.4.